The van der Waals surface area contributed by atoms with Crippen LogP contribution in [0.15, 0.2) is 53.0 Å². The van der Waals surface area contributed by atoms with Gasteiger partial charge >= 0.3 is 0 Å². The molecule has 0 spiro atoms. The number of hydrogen-bond donors (Lipinski definition) is 1. The Kier molecular flexibility index (Phi) is 3.97. The quantitative estimate of drug-likeness (QED) is 0.765. The lowest BCUT2D eigenvalue weighted by molar-refractivity contribution is -0.711. The van der Waals surface area contributed by atoms with Crippen LogP contribution in [0.25, 0.3) is 0 Å². The molecule has 0 saturated carbocycles. The molecule has 3 heteroatoms. The fraction of sp³-hybridized carbons (Fsp3) is 0.231. The predicted octanol–water partition coefficient (Wildman–Crippen LogP) is 2.72. The lowest BCUT2D eigenvalue weighted by atomic mass is 10.1. The summed E-state index contributed by atoms with van der Waals surface area (Å²) in [5.74, 6) is 1.02. The van der Waals surface area contributed by atoms with Crippen LogP contribution in [0.4, 0.5) is 0 Å². The maximum Gasteiger partial charge on any atom is 0.161 e. The minimum atomic E-state index is 0.342. The molecule has 2 aromatic rings. The van der Waals surface area contributed by atoms with E-state index in [1.54, 1.807) is 17.6 Å². The number of furan rings is 1. The fourth-order valence-corrected chi connectivity index (χ4v) is 2.38. The summed E-state index contributed by atoms with van der Waals surface area (Å²) in [6.45, 7) is 4.79. The molecule has 2 rings (SSSR count). The van der Waals surface area contributed by atoms with Crippen LogP contribution in [0, 0.1) is 0 Å². The minimum Gasteiger partial charge on any atom is -0.463 e. The lowest BCUT2D eigenvalue weighted by Gasteiger charge is -2.10. The largest absolute Gasteiger partial charge is 0.463 e. The first-order valence-corrected chi connectivity index (χ1v) is 6.28. The van der Waals surface area contributed by atoms with Crippen LogP contribution in [0.5, 0.6) is 0 Å². The van der Waals surface area contributed by atoms with Crippen LogP contribution in [-0.2, 0) is 6.54 Å². The molecule has 84 valence electrons. The van der Waals surface area contributed by atoms with Crippen molar-refractivity contribution in [2.75, 3.05) is 0 Å². The molecule has 2 nitrogen and oxygen atoms in total. The highest BCUT2D eigenvalue weighted by atomic mass is 32.1. The van der Waals surface area contributed by atoms with E-state index in [1.807, 2.05) is 18.2 Å². The lowest BCUT2D eigenvalue weighted by Crippen LogP contribution is -2.83. The molecule has 1 atom stereocenters. The van der Waals surface area contributed by atoms with Crippen LogP contribution < -0.4 is 5.32 Å². The van der Waals surface area contributed by atoms with Crippen LogP contribution >= 0.6 is 11.3 Å². The molecule has 2 N–H and O–H groups in total. The second-order valence-corrected chi connectivity index (χ2v) is 4.70. The van der Waals surface area contributed by atoms with Gasteiger partial charge in [-0.3, -0.25) is 0 Å². The van der Waals surface area contributed by atoms with Gasteiger partial charge in [-0.05, 0) is 23.6 Å². The summed E-state index contributed by atoms with van der Waals surface area (Å²) in [6.07, 6.45) is 4.60. The van der Waals surface area contributed by atoms with Gasteiger partial charge in [-0.15, -0.1) is 17.9 Å². The van der Waals surface area contributed by atoms with Gasteiger partial charge < -0.3 is 9.73 Å². The Morgan fingerprint density at radius 1 is 1.44 bits per heavy atom. The first-order valence-electron chi connectivity index (χ1n) is 5.40. The first kappa shape index (κ1) is 11.2. The molecular formula is C13H16NOS+. The van der Waals surface area contributed by atoms with Gasteiger partial charge in [0.05, 0.1) is 11.1 Å². The minimum absolute atomic E-state index is 0.342. The van der Waals surface area contributed by atoms with Crippen molar-refractivity contribution < 1.29 is 9.73 Å². The summed E-state index contributed by atoms with van der Waals surface area (Å²) >= 11 is 1.79. The highest BCUT2D eigenvalue weighted by molar-refractivity contribution is 7.09. The highest BCUT2D eigenvalue weighted by Crippen LogP contribution is 2.14. The average molecular weight is 234 g/mol. The normalized spacial score (nSPS) is 12.5. The van der Waals surface area contributed by atoms with Gasteiger partial charge in [0.15, 0.2) is 5.76 Å². The Hall–Kier alpha value is -1.32. The number of thiophene rings is 1. The summed E-state index contributed by atoms with van der Waals surface area (Å²) in [7, 11) is 0. The number of nitrogens with two attached hydrogens (primary N) is 1. The molecule has 0 amide bonds. The molecule has 0 aromatic carbocycles. The Bertz CT molecular complexity index is 405. The maximum atomic E-state index is 5.44. The third kappa shape index (κ3) is 2.84. The Morgan fingerprint density at radius 3 is 3.00 bits per heavy atom. The summed E-state index contributed by atoms with van der Waals surface area (Å²) in [6, 6.07) is 8.55. The van der Waals surface area contributed by atoms with Crippen molar-refractivity contribution in [2.45, 2.75) is 19.0 Å². The molecule has 0 aliphatic rings. The number of quaternary nitrogens is 1. The molecular weight excluding hydrogens is 218 g/mol. The topological polar surface area (TPSA) is 29.8 Å². The van der Waals surface area contributed by atoms with Crippen molar-refractivity contribution in [3.63, 3.8) is 0 Å². The molecule has 2 aromatic heterocycles. The molecule has 0 unspecified atom stereocenters. The van der Waals surface area contributed by atoms with Crippen molar-refractivity contribution in [2.24, 2.45) is 0 Å². The molecule has 0 aliphatic heterocycles. The van der Waals surface area contributed by atoms with Crippen LogP contribution in [-0.4, -0.2) is 0 Å². The van der Waals surface area contributed by atoms with Gasteiger partial charge in [-0.25, -0.2) is 0 Å². The molecule has 0 radical (unpaired) electrons. The second kappa shape index (κ2) is 5.68. The zero-order valence-electron chi connectivity index (χ0n) is 9.13. The third-order valence-corrected chi connectivity index (χ3v) is 3.41. The summed E-state index contributed by atoms with van der Waals surface area (Å²) < 4.78 is 5.44. The van der Waals surface area contributed by atoms with E-state index in [1.165, 1.54) is 4.88 Å². The number of hydrogen-bond acceptors (Lipinski definition) is 2. The Labute approximate surface area is 99.6 Å². The zero-order chi connectivity index (χ0) is 11.2. The van der Waals surface area contributed by atoms with Gasteiger partial charge in [-0.2, -0.15) is 0 Å². The summed E-state index contributed by atoms with van der Waals surface area (Å²) in [5.41, 5.74) is 0. The van der Waals surface area contributed by atoms with Crippen molar-refractivity contribution in [1.29, 1.82) is 0 Å². The highest BCUT2D eigenvalue weighted by Gasteiger charge is 2.15. The van der Waals surface area contributed by atoms with Crippen molar-refractivity contribution in [1.82, 2.24) is 0 Å². The molecule has 0 bridgehead atoms. The van der Waals surface area contributed by atoms with Crippen molar-refractivity contribution in [3.05, 3.63) is 59.2 Å². The van der Waals surface area contributed by atoms with E-state index >= 15 is 0 Å². The van der Waals surface area contributed by atoms with E-state index in [9.17, 15) is 0 Å². The molecule has 0 fully saturated rings. The van der Waals surface area contributed by atoms with Crippen LogP contribution in [0.3, 0.4) is 0 Å². The van der Waals surface area contributed by atoms with Crippen LogP contribution in [0.1, 0.15) is 23.1 Å². The monoisotopic (exact) mass is 234 g/mol. The van der Waals surface area contributed by atoms with Gasteiger partial charge in [0.2, 0.25) is 0 Å². The smallest absolute Gasteiger partial charge is 0.161 e. The number of rotatable bonds is 6. The molecule has 16 heavy (non-hydrogen) atoms. The molecule has 2 heterocycles. The zero-order valence-corrected chi connectivity index (χ0v) is 9.95. The van der Waals surface area contributed by atoms with Gasteiger partial charge in [-0.1, -0.05) is 12.1 Å². The maximum absolute atomic E-state index is 5.44. The molecule has 0 aliphatic carbocycles. The third-order valence-electron chi connectivity index (χ3n) is 2.51. The van der Waals surface area contributed by atoms with Crippen LogP contribution in [0.2, 0.25) is 0 Å². The van der Waals surface area contributed by atoms with E-state index in [-0.39, 0.29) is 0 Å². The van der Waals surface area contributed by atoms with E-state index in [2.05, 4.69) is 29.4 Å². The van der Waals surface area contributed by atoms with Crippen molar-refractivity contribution in [3.8, 4) is 0 Å². The molecule has 0 saturated heterocycles. The first-order chi connectivity index (χ1) is 7.90. The Morgan fingerprint density at radius 2 is 2.38 bits per heavy atom. The fourth-order valence-electron chi connectivity index (χ4n) is 1.70. The van der Waals surface area contributed by atoms with E-state index in [0.29, 0.717) is 6.04 Å². The predicted molar refractivity (Wildman–Crippen MR) is 66.2 cm³/mol. The summed E-state index contributed by atoms with van der Waals surface area (Å²) in [4.78, 5) is 1.39. The standard InChI is InChI=1S/C13H15NOS/c1-2-5-12(13-7-3-8-15-13)14-10-11-6-4-9-16-11/h2-4,6-9,12,14H,1,5,10H2/p+1/t12-/m1/s1. The van der Waals surface area contributed by atoms with Crippen molar-refractivity contribution >= 4 is 11.3 Å². The SMILES string of the molecule is C=CC[C@@H]([NH2+]Cc1cccs1)c1ccco1. The van der Waals surface area contributed by atoms with Gasteiger partial charge in [0.25, 0.3) is 0 Å². The van der Waals surface area contributed by atoms with Gasteiger partial charge in [0.1, 0.15) is 12.6 Å². The second-order valence-electron chi connectivity index (χ2n) is 3.67. The summed E-state index contributed by atoms with van der Waals surface area (Å²) in [5, 5.41) is 4.41. The van der Waals surface area contributed by atoms with E-state index in [4.69, 9.17) is 4.42 Å². The Balaban J connectivity index is 1.95. The average Bonchev–Trinajstić information content (AvgIpc) is 2.96. The van der Waals surface area contributed by atoms with E-state index in [0.717, 1.165) is 18.7 Å². The van der Waals surface area contributed by atoms with E-state index < -0.39 is 0 Å². The van der Waals surface area contributed by atoms with Gasteiger partial charge in [0, 0.05) is 6.42 Å².